The highest BCUT2D eigenvalue weighted by atomic mass is 32.2. The van der Waals surface area contributed by atoms with Crippen molar-refractivity contribution in [2.45, 2.75) is 411 Å². The average Bonchev–Trinajstić information content (AvgIpc) is 1.28. The normalized spacial score (nSPS) is 21.0. The van der Waals surface area contributed by atoms with Gasteiger partial charge in [0.1, 0.15) is 12.2 Å². The minimum absolute atomic E-state index is 0.0124. The molecule has 0 aromatic carbocycles. The van der Waals surface area contributed by atoms with Crippen molar-refractivity contribution in [2.75, 3.05) is 102 Å². The van der Waals surface area contributed by atoms with Crippen LogP contribution in [-0.2, 0) is 80.9 Å². The van der Waals surface area contributed by atoms with Crippen LogP contribution in [0.15, 0.2) is 0 Å². The van der Waals surface area contributed by atoms with E-state index in [0.29, 0.717) is 113 Å². The fraction of sp³-hybridized carbons (Fsp3) is 0.909. The summed E-state index contributed by atoms with van der Waals surface area (Å²) in [6, 6.07) is 0. The zero-order valence-corrected chi connectivity index (χ0v) is 75.8. The number of ether oxygens (including phenoxy) is 11. The summed E-state index contributed by atoms with van der Waals surface area (Å²) in [5.74, 6) is -2.08. The number of thioether (sulfide) groups is 2. The van der Waals surface area contributed by atoms with Gasteiger partial charge in [-0.05, 0) is 63.0 Å². The van der Waals surface area contributed by atoms with Crippen LogP contribution >= 0.6 is 48.0 Å². The van der Waals surface area contributed by atoms with Gasteiger partial charge in [-0.25, -0.2) is 0 Å². The van der Waals surface area contributed by atoms with Crippen LogP contribution in [0.3, 0.4) is 0 Å². The number of esters is 6. The number of nitrogens with one attached hydrogen (secondary N) is 4. The average molecular weight is 1700 g/mol. The summed E-state index contributed by atoms with van der Waals surface area (Å²) in [5, 5.41) is 14.3. The van der Waals surface area contributed by atoms with Crippen molar-refractivity contribution in [1.82, 2.24) is 31.1 Å². The Morgan fingerprint density at radius 3 is 0.809 bits per heavy atom. The van der Waals surface area contributed by atoms with E-state index in [2.05, 4.69) is 72.6 Å². The van der Waals surface area contributed by atoms with Gasteiger partial charge in [0.25, 0.3) is 0 Å². The molecule has 0 amide bonds. The molecule has 115 heavy (non-hydrogen) atoms. The molecule has 668 valence electrons. The van der Waals surface area contributed by atoms with E-state index in [9.17, 15) is 28.8 Å². The van der Waals surface area contributed by atoms with Gasteiger partial charge in [-0.3, -0.25) is 38.6 Å². The van der Waals surface area contributed by atoms with E-state index in [0.717, 1.165) is 257 Å². The van der Waals surface area contributed by atoms with E-state index >= 15 is 0 Å². The molecule has 10 atom stereocenters. The van der Waals surface area contributed by atoms with Gasteiger partial charge in [0.05, 0.1) is 26.7 Å². The molecule has 0 aliphatic carbocycles. The molecule has 5 unspecified atom stereocenters. The lowest BCUT2D eigenvalue weighted by Gasteiger charge is -2.48. The first-order valence-corrected chi connectivity index (χ1v) is 49.3. The van der Waals surface area contributed by atoms with Crippen molar-refractivity contribution in [2.24, 2.45) is 0 Å². The molecule has 4 rings (SSSR count). The topological polar surface area (TPSA) is 259 Å². The highest BCUT2D eigenvalue weighted by Gasteiger charge is 2.58. The second-order valence-electron chi connectivity index (χ2n) is 32.0. The van der Waals surface area contributed by atoms with E-state index in [1.165, 1.54) is 23.5 Å². The van der Waals surface area contributed by atoms with Crippen LogP contribution in [-0.4, -0.2) is 219 Å². The zero-order chi connectivity index (χ0) is 82.8. The van der Waals surface area contributed by atoms with Crippen molar-refractivity contribution < 1.29 is 80.9 Å². The quantitative estimate of drug-likeness (QED) is 0.0191. The third-order valence-electron chi connectivity index (χ3n) is 21.7. The molecule has 0 radical (unpaired) electrons. The Hall–Kier alpha value is -3.38. The molecule has 0 saturated carbocycles. The molecule has 27 heteroatoms. The molecular formula is C88H160N6O17S4. The van der Waals surface area contributed by atoms with Crippen LogP contribution < -0.4 is 21.3 Å². The maximum absolute atomic E-state index is 14.9. The van der Waals surface area contributed by atoms with E-state index in [-0.39, 0.29) is 50.0 Å². The maximum Gasteiger partial charge on any atom is 0.306 e. The first-order valence-electron chi connectivity index (χ1n) is 46.2. The van der Waals surface area contributed by atoms with Crippen LogP contribution in [0.5, 0.6) is 0 Å². The van der Waals surface area contributed by atoms with E-state index in [4.69, 9.17) is 76.5 Å². The minimum atomic E-state index is -1.67. The van der Waals surface area contributed by atoms with Crippen molar-refractivity contribution in [1.29, 1.82) is 0 Å². The Morgan fingerprint density at radius 1 is 0.322 bits per heavy atom. The third kappa shape index (κ3) is 50.6. The van der Waals surface area contributed by atoms with Crippen molar-refractivity contribution in [3.05, 3.63) is 0 Å². The van der Waals surface area contributed by atoms with Crippen molar-refractivity contribution >= 4 is 94.0 Å². The molecule has 0 bridgehead atoms. The number of carbonyl (C=O) groups is 6. The molecule has 0 aromatic heterocycles. The molecule has 0 spiro atoms. The van der Waals surface area contributed by atoms with Gasteiger partial charge in [-0.1, -0.05) is 273 Å². The van der Waals surface area contributed by atoms with Gasteiger partial charge in [-0.15, -0.1) is 0 Å². The molecule has 4 heterocycles. The standard InChI is InChI=1S/C88H160N6O17S4/c1-7-13-19-25-31-37-43-49-73(95)105-79-71(67-114-65-57-91-87(112)89-55-59-93-61-63-101-69-93)103-85(83(109-77(99)53-47-41-35-29-23-17-11-5)81(79)107-75(97)51-45-39-33-27-21-15-9-3)111-86-84(110-78(100)54-48-42-36-30-24-18-12-6)82(108-76(98)52-46-40-34-28-22-16-10-4)80(106-74(96)50-44-38-32-26-20-14-8-2)72(104-86)68-115-66-58-92-88(113)90-56-60-94-62-64-102-70-94/h71-72,79-86H,7-70H2,1-6H3,(H2,89,91,112)(H2,90,92,113)/t71?,72?,79-,80-,81+,82?,83?,84?,85-,86-/m1/s1. The lowest BCUT2D eigenvalue weighted by molar-refractivity contribution is -0.371. The van der Waals surface area contributed by atoms with Gasteiger partial charge < -0.3 is 73.4 Å². The van der Waals surface area contributed by atoms with Gasteiger partial charge in [0.15, 0.2) is 46.8 Å². The molecule has 4 aliphatic heterocycles. The number of thiocarbonyl (C=S) groups is 2. The van der Waals surface area contributed by atoms with Gasteiger partial charge in [0.2, 0.25) is 12.6 Å². The fourth-order valence-electron chi connectivity index (χ4n) is 14.7. The van der Waals surface area contributed by atoms with E-state index < -0.39 is 97.2 Å². The third-order valence-corrected chi connectivity index (χ3v) is 24.4. The Kier molecular flexibility index (Phi) is 63.5. The van der Waals surface area contributed by atoms with Gasteiger partial charge >= 0.3 is 35.8 Å². The molecular weight excluding hydrogens is 1540 g/mol. The number of unbranched alkanes of at least 4 members (excludes halogenated alkanes) is 36. The van der Waals surface area contributed by atoms with Crippen LogP contribution in [0.1, 0.15) is 350 Å². The highest BCUT2D eigenvalue weighted by molar-refractivity contribution is 7.99. The summed E-state index contributed by atoms with van der Waals surface area (Å²) in [4.78, 5) is 93.3. The molecule has 4 aliphatic rings. The number of rotatable bonds is 72. The molecule has 23 nitrogen and oxygen atoms in total. The van der Waals surface area contributed by atoms with Crippen molar-refractivity contribution in [3.63, 3.8) is 0 Å². The predicted octanol–water partition coefficient (Wildman–Crippen LogP) is 17.7. The Balaban J connectivity index is 1.93. The SMILES string of the molecule is CCCCCCCCCC(=O)OC1C(OC(=O)CCCCCCCCC)[C@H](OC(=O)CCCCCCCCC)C(CSCCNC(=S)NCCN2CCOC2)O[C@@H]1O[C@H]1OC(CSCCNC(=S)NCCN2CCOC2)[C@@H](OC(=O)CCCCCCCCC)[C@H](OC(=O)CCCCCCCCC)C1OC(=O)CCCCCCCCC. The lowest BCUT2D eigenvalue weighted by Crippen LogP contribution is -2.66. The molecule has 4 fully saturated rings. The number of hydrogen-bond acceptors (Lipinski definition) is 23. The van der Waals surface area contributed by atoms with Gasteiger partial charge in [-0.2, -0.15) is 23.5 Å². The van der Waals surface area contributed by atoms with Crippen LogP contribution in [0.4, 0.5) is 0 Å². The summed E-state index contributed by atoms with van der Waals surface area (Å²) in [6.07, 6.45) is 26.1. The van der Waals surface area contributed by atoms with E-state index in [1.807, 2.05) is 0 Å². The predicted molar refractivity (Wildman–Crippen MR) is 470 cm³/mol. The smallest absolute Gasteiger partial charge is 0.306 e. The highest BCUT2D eigenvalue weighted by Crippen LogP contribution is 2.38. The van der Waals surface area contributed by atoms with Crippen LogP contribution in [0.25, 0.3) is 0 Å². The first kappa shape index (κ1) is 104. The Bertz CT molecular complexity index is 2350. The summed E-state index contributed by atoms with van der Waals surface area (Å²) in [6.45, 7) is 21.1. The summed E-state index contributed by atoms with van der Waals surface area (Å²) < 4.78 is 73.0. The zero-order valence-electron chi connectivity index (χ0n) is 72.5. The number of nitrogens with zero attached hydrogens (tertiary/aromatic N) is 2. The van der Waals surface area contributed by atoms with Crippen molar-refractivity contribution in [3.8, 4) is 0 Å². The molecule has 4 N–H and O–H groups in total. The summed E-state index contributed by atoms with van der Waals surface area (Å²) >= 11 is 14.4. The number of carbonyl (C=O) groups excluding carboxylic acids is 6. The maximum atomic E-state index is 14.9. The summed E-state index contributed by atoms with van der Waals surface area (Å²) in [5.41, 5.74) is 0. The Morgan fingerprint density at radius 2 is 0.557 bits per heavy atom. The largest absolute Gasteiger partial charge is 0.455 e. The second kappa shape index (κ2) is 70.2. The monoisotopic (exact) mass is 1700 g/mol. The summed E-state index contributed by atoms with van der Waals surface area (Å²) in [7, 11) is 0. The molecule has 0 aromatic rings. The Labute approximate surface area is 714 Å². The minimum Gasteiger partial charge on any atom is -0.455 e. The molecule has 4 saturated heterocycles. The first-order chi connectivity index (χ1) is 56.2. The fourth-order valence-corrected chi connectivity index (χ4v) is 16.9. The van der Waals surface area contributed by atoms with Crippen LogP contribution in [0.2, 0.25) is 0 Å². The lowest BCUT2D eigenvalue weighted by atomic mass is 9.97. The van der Waals surface area contributed by atoms with E-state index in [1.54, 1.807) is 0 Å². The van der Waals surface area contributed by atoms with Gasteiger partial charge in [0, 0.05) is 114 Å². The van der Waals surface area contributed by atoms with Crippen LogP contribution in [0, 0.1) is 0 Å². The number of hydrogen-bond donors (Lipinski definition) is 4. The second-order valence-corrected chi connectivity index (χ2v) is 35.1.